The van der Waals surface area contributed by atoms with E-state index in [-0.39, 0.29) is 18.9 Å². The number of rotatable bonds is 10. The summed E-state index contributed by atoms with van der Waals surface area (Å²) in [7, 11) is 1.45. The Morgan fingerprint density at radius 2 is 1.94 bits per heavy atom. The fraction of sp³-hybridized carbons (Fsp3) is 0.130. The molecule has 0 aliphatic carbocycles. The fourth-order valence-corrected chi connectivity index (χ4v) is 3.19. The number of benzene rings is 3. The van der Waals surface area contributed by atoms with Gasteiger partial charge in [0.25, 0.3) is 11.6 Å². The van der Waals surface area contributed by atoms with Crippen LogP contribution in [0, 0.1) is 15.9 Å². The maximum atomic E-state index is 13.0. The minimum absolute atomic E-state index is 0.0282. The first-order valence-corrected chi connectivity index (χ1v) is 10.6. The van der Waals surface area contributed by atoms with Gasteiger partial charge in [0, 0.05) is 27.9 Å². The van der Waals surface area contributed by atoms with Gasteiger partial charge in [0.1, 0.15) is 12.4 Å². The molecule has 0 aliphatic rings. The highest BCUT2D eigenvalue weighted by Crippen LogP contribution is 2.33. The quantitative estimate of drug-likeness (QED) is 0.222. The summed E-state index contributed by atoms with van der Waals surface area (Å²) in [6.07, 6.45) is 1.44. The van der Waals surface area contributed by atoms with Gasteiger partial charge < -0.3 is 19.6 Å². The van der Waals surface area contributed by atoms with Crippen LogP contribution in [0.1, 0.15) is 11.1 Å². The molecule has 9 nitrogen and oxygen atoms in total. The van der Waals surface area contributed by atoms with Crippen LogP contribution in [0.4, 0.5) is 15.8 Å². The Hall–Kier alpha value is -3.99. The van der Waals surface area contributed by atoms with Crippen molar-refractivity contribution in [1.29, 1.82) is 0 Å². The molecule has 0 saturated carbocycles. The number of oxime groups is 1. The first kappa shape index (κ1) is 24.6. The van der Waals surface area contributed by atoms with Gasteiger partial charge in [-0.1, -0.05) is 17.3 Å². The zero-order valence-electron chi connectivity index (χ0n) is 17.9. The molecule has 0 bridgehead atoms. The molecule has 3 aromatic carbocycles. The smallest absolute Gasteiger partial charge is 0.269 e. The molecule has 3 rings (SSSR count). The molecule has 1 amide bonds. The monoisotopic (exact) mass is 531 g/mol. The molecule has 0 fully saturated rings. The molecule has 0 heterocycles. The number of anilines is 1. The Morgan fingerprint density at radius 1 is 1.18 bits per heavy atom. The highest BCUT2D eigenvalue weighted by Gasteiger charge is 2.12. The largest absolute Gasteiger partial charge is 0.493 e. The third-order valence-corrected chi connectivity index (χ3v) is 5.08. The number of non-ortho nitro benzene ring substituents is 1. The molecule has 34 heavy (non-hydrogen) atoms. The van der Waals surface area contributed by atoms with Crippen LogP contribution in [-0.2, 0) is 16.2 Å². The van der Waals surface area contributed by atoms with E-state index in [1.165, 1.54) is 49.7 Å². The van der Waals surface area contributed by atoms with E-state index in [1.54, 1.807) is 24.3 Å². The Labute approximate surface area is 202 Å². The second kappa shape index (κ2) is 11.8. The maximum Gasteiger partial charge on any atom is 0.269 e. The number of nitro benzene ring substituents is 1. The van der Waals surface area contributed by atoms with E-state index in [1.807, 2.05) is 0 Å². The lowest BCUT2D eigenvalue weighted by molar-refractivity contribution is -0.384. The Kier molecular flexibility index (Phi) is 8.52. The number of carbonyl (C=O) groups excluding carboxylic acids is 1. The standard InChI is InChI=1S/C23H19BrFN3O6/c1-32-21-10-16(12-26-34-13-15-3-2-4-19(9-15)28(30)31)20(24)11-22(21)33-14-23(29)27-18-7-5-17(25)6-8-18/h2-12H,13-14H2,1H3,(H,27,29)/b26-12-. The molecular formula is C23H19BrFN3O6. The number of amides is 1. The Morgan fingerprint density at radius 3 is 2.65 bits per heavy atom. The highest BCUT2D eigenvalue weighted by molar-refractivity contribution is 9.10. The number of halogens is 2. The van der Waals surface area contributed by atoms with Crippen molar-refractivity contribution in [3.05, 3.63) is 92.2 Å². The summed E-state index contributed by atoms with van der Waals surface area (Å²) in [6.45, 7) is -0.239. The SMILES string of the molecule is COc1cc(/C=N\OCc2cccc([N+](=O)[O-])c2)c(Br)cc1OCC(=O)Nc1ccc(F)cc1. The van der Waals surface area contributed by atoms with E-state index < -0.39 is 16.6 Å². The van der Waals surface area contributed by atoms with Crippen LogP contribution in [0.25, 0.3) is 0 Å². The normalized spacial score (nSPS) is 10.7. The molecule has 0 spiro atoms. The summed E-state index contributed by atoms with van der Waals surface area (Å²) < 4.78 is 24.5. The number of nitrogens with one attached hydrogen (secondary N) is 1. The molecule has 0 aromatic heterocycles. The molecular weight excluding hydrogens is 513 g/mol. The topological polar surface area (TPSA) is 112 Å². The van der Waals surface area contributed by atoms with Gasteiger partial charge >= 0.3 is 0 Å². The number of hydrogen-bond acceptors (Lipinski definition) is 7. The fourth-order valence-electron chi connectivity index (χ4n) is 2.76. The van der Waals surface area contributed by atoms with Gasteiger partial charge in [-0.25, -0.2) is 4.39 Å². The number of ether oxygens (including phenoxy) is 2. The van der Waals surface area contributed by atoms with E-state index in [9.17, 15) is 19.3 Å². The average molecular weight is 532 g/mol. The van der Waals surface area contributed by atoms with E-state index in [0.717, 1.165) is 0 Å². The Bertz CT molecular complexity index is 1200. The number of nitro groups is 1. The third-order valence-electron chi connectivity index (χ3n) is 4.39. The number of hydrogen-bond donors (Lipinski definition) is 1. The van der Waals surface area contributed by atoms with Crippen LogP contribution in [0.2, 0.25) is 0 Å². The molecule has 0 radical (unpaired) electrons. The molecule has 11 heteroatoms. The molecule has 3 aromatic rings. The molecule has 176 valence electrons. The van der Waals surface area contributed by atoms with Crippen molar-refractivity contribution in [3.8, 4) is 11.5 Å². The summed E-state index contributed by atoms with van der Waals surface area (Å²) in [5.74, 6) is -0.150. The summed E-state index contributed by atoms with van der Waals surface area (Å²) >= 11 is 3.41. The van der Waals surface area contributed by atoms with Crippen LogP contribution in [0.3, 0.4) is 0 Å². The van der Waals surface area contributed by atoms with Gasteiger partial charge in [0.2, 0.25) is 0 Å². The summed E-state index contributed by atoms with van der Waals surface area (Å²) in [5, 5.41) is 17.3. The van der Waals surface area contributed by atoms with Gasteiger partial charge in [-0.3, -0.25) is 14.9 Å². The van der Waals surface area contributed by atoms with Crippen LogP contribution in [0.15, 0.2) is 70.3 Å². The molecule has 0 atom stereocenters. The Balaban J connectivity index is 1.59. The molecule has 0 aliphatic heterocycles. The van der Waals surface area contributed by atoms with Crippen molar-refractivity contribution >= 4 is 39.4 Å². The van der Waals surface area contributed by atoms with Crippen molar-refractivity contribution < 1.29 is 28.4 Å². The average Bonchev–Trinajstić information content (AvgIpc) is 2.83. The van der Waals surface area contributed by atoms with Crippen molar-refractivity contribution in [3.63, 3.8) is 0 Å². The molecule has 0 unspecified atom stereocenters. The summed E-state index contributed by atoms with van der Waals surface area (Å²) in [5.41, 5.74) is 1.63. The van der Waals surface area contributed by atoms with Crippen molar-refractivity contribution in [2.45, 2.75) is 6.61 Å². The van der Waals surface area contributed by atoms with Gasteiger partial charge in [-0.05, 0) is 57.9 Å². The second-order valence-corrected chi connectivity index (χ2v) is 7.66. The lowest BCUT2D eigenvalue weighted by Gasteiger charge is -2.12. The van der Waals surface area contributed by atoms with Crippen molar-refractivity contribution in [1.82, 2.24) is 0 Å². The summed E-state index contributed by atoms with van der Waals surface area (Å²) in [4.78, 5) is 27.7. The van der Waals surface area contributed by atoms with Gasteiger partial charge in [0.15, 0.2) is 18.1 Å². The van der Waals surface area contributed by atoms with Gasteiger partial charge in [0.05, 0.1) is 18.2 Å². The van der Waals surface area contributed by atoms with E-state index in [2.05, 4.69) is 26.4 Å². The summed E-state index contributed by atoms with van der Waals surface area (Å²) in [6, 6.07) is 14.7. The number of methoxy groups -OCH3 is 1. The lowest BCUT2D eigenvalue weighted by Crippen LogP contribution is -2.20. The zero-order valence-corrected chi connectivity index (χ0v) is 19.5. The second-order valence-electron chi connectivity index (χ2n) is 6.80. The first-order valence-electron chi connectivity index (χ1n) is 9.80. The molecule has 0 saturated heterocycles. The lowest BCUT2D eigenvalue weighted by atomic mass is 10.2. The molecule has 1 N–H and O–H groups in total. The van der Waals surface area contributed by atoms with Crippen LogP contribution in [0.5, 0.6) is 11.5 Å². The zero-order chi connectivity index (χ0) is 24.5. The maximum absolute atomic E-state index is 13.0. The van der Waals surface area contributed by atoms with Crippen LogP contribution >= 0.6 is 15.9 Å². The minimum Gasteiger partial charge on any atom is -0.493 e. The third kappa shape index (κ3) is 7.01. The van der Waals surface area contributed by atoms with E-state index >= 15 is 0 Å². The van der Waals surface area contributed by atoms with E-state index in [0.29, 0.717) is 32.8 Å². The van der Waals surface area contributed by atoms with Crippen LogP contribution < -0.4 is 14.8 Å². The van der Waals surface area contributed by atoms with E-state index in [4.69, 9.17) is 14.3 Å². The van der Waals surface area contributed by atoms with Crippen molar-refractivity contribution in [2.24, 2.45) is 5.16 Å². The predicted octanol–water partition coefficient (Wildman–Crippen LogP) is 5.07. The van der Waals surface area contributed by atoms with Gasteiger partial charge in [-0.2, -0.15) is 0 Å². The predicted molar refractivity (Wildman–Crippen MR) is 127 cm³/mol. The minimum atomic E-state index is -0.480. The number of nitrogens with zero attached hydrogens (tertiary/aromatic N) is 2. The highest BCUT2D eigenvalue weighted by atomic mass is 79.9. The van der Waals surface area contributed by atoms with Crippen molar-refractivity contribution in [2.75, 3.05) is 19.0 Å². The number of carbonyl (C=O) groups is 1. The first-order chi connectivity index (χ1) is 16.4. The van der Waals surface area contributed by atoms with Crippen LogP contribution in [-0.4, -0.2) is 30.8 Å². The van der Waals surface area contributed by atoms with Gasteiger partial charge in [-0.15, -0.1) is 0 Å².